The van der Waals surface area contributed by atoms with Crippen LogP contribution in [-0.2, 0) is 22.0 Å². The summed E-state index contributed by atoms with van der Waals surface area (Å²) in [5.74, 6) is 1.64. The highest BCUT2D eigenvalue weighted by Gasteiger charge is 2.35. The second kappa shape index (κ2) is 8.39. The summed E-state index contributed by atoms with van der Waals surface area (Å²) in [7, 11) is 0.315. The number of aromatic nitrogens is 2. The van der Waals surface area contributed by atoms with Crippen LogP contribution in [0.2, 0.25) is 0 Å². The van der Waals surface area contributed by atoms with E-state index in [0.717, 1.165) is 55.2 Å². The van der Waals surface area contributed by atoms with Crippen LogP contribution in [0.1, 0.15) is 11.1 Å². The first kappa shape index (κ1) is 22.1. The summed E-state index contributed by atoms with van der Waals surface area (Å²) in [5, 5.41) is 3.29. The molecule has 0 atom stereocenters. The molecule has 1 aromatic heterocycles. The number of rotatable bonds is 4. The van der Waals surface area contributed by atoms with E-state index in [1.54, 1.807) is 19.4 Å². The van der Waals surface area contributed by atoms with Gasteiger partial charge in [-0.15, -0.1) is 0 Å². The van der Waals surface area contributed by atoms with Crippen molar-refractivity contribution in [1.82, 2.24) is 14.9 Å². The number of anilines is 5. The number of hydrogen-bond acceptors (Lipinski definition) is 9. The Morgan fingerprint density at radius 1 is 1.03 bits per heavy atom. The minimum absolute atomic E-state index is 0.112. The average Bonchev–Trinajstić information content (AvgIpc) is 3.26. The summed E-state index contributed by atoms with van der Waals surface area (Å²) < 4.78 is 31.9. The Labute approximate surface area is 205 Å². The maximum absolute atomic E-state index is 13.1. The molecule has 0 bridgehead atoms. The number of methoxy groups -OCH3 is 1. The van der Waals surface area contributed by atoms with Crippen molar-refractivity contribution in [2.24, 2.45) is 0 Å². The van der Waals surface area contributed by atoms with Gasteiger partial charge in [-0.2, -0.15) is 4.98 Å². The molecule has 2 aromatic carbocycles. The summed E-state index contributed by atoms with van der Waals surface area (Å²) in [6.45, 7) is 4.70. The molecule has 4 heterocycles. The van der Waals surface area contributed by atoms with Crippen LogP contribution in [0.25, 0.3) is 0 Å². The predicted molar refractivity (Wildman–Crippen MR) is 136 cm³/mol. The van der Waals surface area contributed by atoms with E-state index >= 15 is 0 Å². The molecule has 0 aliphatic carbocycles. The van der Waals surface area contributed by atoms with Crippen LogP contribution in [0.3, 0.4) is 0 Å². The number of fused-ring (bicyclic) bond motifs is 2. The molecule has 6 rings (SSSR count). The third-order valence-corrected chi connectivity index (χ3v) is 8.73. The lowest BCUT2D eigenvalue weighted by atomic mass is 10.2. The maximum atomic E-state index is 13.1. The van der Waals surface area contributed by atoms with Crippen molar-refractivity contribution in [3.05, 3.63) is 53.7 Å². The lowest BCUT2D eigenvalue weighted by Gasteiger charge is -2.34. The fraction of sp³-hybridized carbons (Fsp3) is 0.360. The van der Waals surface area contributed by atoms with E-state index in [9.17, 15) is 8.42 Å². The molecule has 3 aliphatic rings. The first-order valence-electron chi connectivity index (χ1n) is 11.8. The Morgan fingerprint density at radius 2 is 1.86 bits per heavy atom. The van der Waals surface area contributed by atoms with Crippen molar-refractivity contribution in [2.75, 3.05) is 62.0 Å². The normalized spacial score (nSPS) is 18.6. The number of piperazine rings is 1. The van der Waals surface area contributed by atoms with Gasteiger partial charge in [-0.3, -0.25) is 0 Å². The van der Waals surface area contributed by atoms with E-state index in [0.29, 0.717) is 34.5 Å². The van der Waals surface area contributed by atoms with E-state index in [4.69, 9.17) is 9.72 Å². The van der Waals surface area contributed by atoms with Gasteiger partial charge in [0, 0.05) is 56.2 Å². The third-order valence-electron chi connectivity index (χ3n) is 7.04. The van der Waals surface area contributed by atoms with Gasteiger partial charge in [-0.05, 0) is 37.2 Å². The van der Waals surface area contributed by atoms with Gasteiger partial charge in [0.1, 0.15) is 11.6 Å². The van der Waals surface area contributed by atoms with Crippen molar-refractivity contribution in [2.45, 2.75) is 17.1 Å². The Kier molecular flexibility index (Phi) is 5.30. The lowest BCUT2D eigenvalue weighted by Crippen LogP contribution is -2.44. The number of ether oxygens (including phenoxy) is 1. The molecule has 35 heavy (non-hydrogen) atoms. The Bertz CT molecular complexity index is 1400. The Morgan fingerprint density at radius 3 is 2.66 bits per heavy atom. The fourth-order valence-corrected chi connectivity index (χ4v) is 6.71. The van der Waals surface area contributed by atoms with Crippen LogP contribution in [0.4, 0.5) is 28.8 Å². The molecule has 1 N–H and O–H groups in total. The third kappa shape index (κ3) is 3.86. The van der Waals surface area contributed by atoms with Gasteiger partial charge in [-0.1, -0.05) is 12.1 Å². The topological polar surface area (TPSA) is 90.9 Å². The molecule has 0 spiro atoms. The molecule has 1 saturated heterocycles. The molecule has 0 radical (unpaired) electrons. The molecule has 0 saturated carbocycles. The molecule has 9 nitrogen and oxygen atoms in total. The number of nitrogens with zero attached hydrogens (tertiary/aromatic N) is 5. The number of nitrogens with one attached hydrogen (secondary N) is 1. The van der Waals surface area contributed by atoms with Crippen LogP contribution < -0.4 is 19.9 Å². The first-order valence-corrected chi connectivity index (χ1v) is 13.4. The highest BCUT2D eigenvalue weighted by molar-refractivity contribution is 7.90. The van der Waals surface area contributed by atoms with E-state index in [1.165, 1.54) is 0 Å². The minimum atomic E-state index is -3.48. The van der Waals surface area contributed by atoms with E-state index in [1.807, 2.05) is 29.2 Å². The molecule has 10 heteroatoms. The lowest BCUT2D eigenvalue weighted by molar-refractivity contribution is 0.312. The summed E-state index contributed by atoms with van der Waals surface area (Å²) in [6.07, 6.45) is 2.41. The number of benzene rings is 2. The average molecular weight is 493 g/mol. The highest BCUT2D eigenvalue weighted by atomic mass is 32.2. The van der Waals surface area contributed by atoms with E-state index in [2.05, 4.69) is 33.2 Å². The SMILES string of the molecule is COc1cc(N2CCN(C)CC2)ccc1Nc1ncc2c(n1)N1CCc3cccc(c31)S(=O)(=O)C2. The van der Waals surface area contributed by atoms with Gasteiger partial charge >= 0.3 is 0 Å². The number of sulfone groups is 1. The van der Waals surface area contributed by atoms with Crippen molar-refractivity contribution in [3.63, 3.8) is 0 Å². The van der Waals surface area contributed by atoms with Crippen molar-refractivity contribution in [1.29, 1.82) is 0 Å². The van der Waals surface area contributed by atoms with Gasteiger partial charge in [0.25, 0.3) is 0 Å². The zero-order valence-electron chi connectivity index (χ0n) is 19.9. The van der Waals surface area contributed by atoms with Crippen molar-refractivity contribution in [3.8, 4) is 5.75 Å². The van der Waals surface area contributed by atoms with Gasteiger partial charge in [-0.25, -0.2) is 13.4 Å². The van der Waals surface area contributed by atoms with Gasteiger partial charge < -0.3 is 24.8 Å². The quantitative estimate of drug-likeness (QED) is 0.590. The zero-order valence-corrected chi connectivity index (χ0v) is 20.7. The van der Waals surface area contributed by atoms with Crippen molar-refractivity contribution < 1.29 is 13.2 Å². The van der Waals surface area contributed by atoms with Crippen LogP contribution in [0, 0.1) is 0 Å². The molecule has 3 aliphatic heterocycles. The Hall–Kier alpha value is -3.37. The maximum Gasteiger partial charge on any atom is 0.229 e. The molecule has 0 amide bonds. The van der Waals surface area contributed by atoms with Gasteiger partial charge in [0.05, 0.1) is 29.1 Å². The largest absolute Gasteiger partial charge is 0.494 e. The number of hydrogen-bond donors (Lipinski definition) is 1. The van der Waals surface area contributed by atoms with Crippen LogP contribution >= 0.6 is 0 Å². The van der Waals surface area contributed by atoms with E-state index in [-0.39, 0.29) is 5.75 Å². The molecular weight excluding hydrogens is 464 g/mol. The van der Waals surface area contributed by atoms with Gasteiger partial charge in [0.15, 0.2) is 9.84 Å². The summed E-state index contributed by atoms with van der Waals surface area (Å²) >= 11 is 0. The van der Waals surface area contributed by atoms with Crippen LogP contribution in [-0.4, -0.2) is 70.2 Å². The van der Waals surface area contributed by atoms with Gasteiger partial charge in [0.2, 0.25) is 5.95 Å². The van der Waals surface area contributed by atoms with E-state index < -0.39 is 9.84 Å². The molecular formula is C25H28N6O3S. The number of likely N-dealkylation sites (N-methyl/N-ethyl adjacent to an activating group) is 1. The molecule has 1 fully saturated rings. The van der Waals surface area contributed by atoms with Crippen LogP contribution in [0.5, 0.6) is 5.75 Å². The zero-order chi connectivity index (χ0) is 24.2. The smallest absolute Gasteiger partial charge is 0.229 e. The first-order chi connectivity index (χ1) is 16.9. The molecule has 182 valence electrons. The fourth-order valence-electron chi connectivity index (χ4n) is 5.12. The predicted octanol–water partition coefficient (Wildman–Crippen LogP) is 2.96. The highest BCUT2D eigenvalue weighted by Crippen LogP contribution is 2.44. The molecule has 0 unspecified atom stereocenters. The standard InChI is InChI=1S/C25H28N6O3S/c1-29-10-12-30(13-11-29)19-6-7-20(21(14-19)34-2)27-25-26-15-18-16-35(32,33)22-5-3-4-17-8-9-31(23(17)22)24(18)28-25/h3-7,14-15H,8-13,16H2,1-2H3,(H,26,27,28). The number of para-hydroxylation sites is 1. The summed E-state index contributed by atoms with van der Waals surface area (Å²) in [6, 6.07) is 11.6. The van der Waals surface area contributed by atoms with Crippen LogP contribution in [0.15, 0.2) is 47.5 Å². The second-order valence-electron chi connectivity index (χ2n) is 9.27. The summed E-state index contributed by atoms with van der Waals surface area (Å²) in [4.78, 5) is 16.3. The Balaban J connectivity index is 1.33. The summed E-state index contributed by atoms with van der Waals surface area (Å²) in [5.41, 5.74) is 4.28. The minimum Gasteiger partial charge on any atom is -0.494 e. The molecule has 3 aromatic rings. The van der Waals surface area contributed by atoms with Crippen molar-refractivity contribution >= 4 is 38.7 Å². The second-order valence-corrected chi connectivity index (χ2v) is 11.2. The monoisotopic (exact) mass is 492 g/mol.